The second kappa shape index (κ2) is 68.1. The van der Waals surface area contributed by atoms with E-state index in [1.165, 1.54) is 227 Å². The van der Waals surface area contributed by atoms with Crippen LogP contribution in [0.5, 0.6) is 0 Å². The summed E-state index contributed by atoms with van der Waals surface area (Å²) in [4.78, 5) is 2.22. The zero-order valence-electron chi connectivity index (χ0n) is 62.6. The van der Waals surface area contributed by atoms with Gasteiger partial charge in [0, 0.05) is 26.1 Å². The molecular formula is C86H137Br3Fe4OP3+. The Morgan fingerprint density at radius 2 is 0.629 bits per heavy atom. The predicted octanol–water partition coefficient (Wildman–Crippen LogP) is 28.0. The summed E-state index contributed by atoms with van der Waals surface area (Å²) in [6.45, 7) is 10.6. The minimum atomic E-state index is -1.41. The Morgan fingerprint density at radius 1 is 0.351 bits per heavy atom. The van der Waals surface area contributed by atoms with Gasteiger partial charge in [-0.1, -0.05) is 373 Å². The van der Waals surface area contributed by atoms with Crippen molar-refractivity contribution < 1.29 is 72.8 Å². The molecule has 97 heavy (non-hydrogen) atoms. The Morgan fingerprint density at radius 3 is 0.876 bits per heavy atom. The number of hydrogen-bond acceptors (Lipinski definition) is 1. The molecule has 8 aliphatic carbocycles. The first kappa shape index (κ1) is 111. The number of rotatable bonds is 12. The molecule has 11 heteroatoms. The van der Waals surface area contributed by atoms with Crippen LogP contribution in [0.15, 0.2) is 164 Å². The van der Waals surface area contributed by atoms with E-state index >= 15 is 0 Å². The summed E-state index contributed by atoms with van der Waals surface area (Å²) in [6.07, 6.45) is 49.2. The van der Waals surface area contributed by atoms with Gasteiger partial charge in [-0.2, -0.15) is 0 Å². The van der Waals surface area contributed by atoms with Crippen molar-refractivity contribution in [1.82, 2.24) is 0 Å². The number of halogens is 3. The molecular weight excluding hydrogens is 1600 g/mol. The number of alkyl halides is 3. The van der Waals surface area contributed by atoms with E-state index in [-0.39, 0.29) is 141 Å². The van der Waals surface area contributed by atoms with Gasteiger partial charge in [0.05, 0.1) is 0 Å². The van der Waals surface area contributed by atoms with Gasteiger partial charge in [-0.3, -0.25) is 0 Å². The van der Waals surface area contributed by atoms with Crippen LogP contribution in [0.25, 0.3) is 0 Å². The maximum absolute atomic E-state index is 13.8. The van der Waals surface area contributed by atoms with Gasteiger partial charge in [0.15, 0.2) is 11.0 Å². The topological polar surface area (TPSA) is 17.1 Å². The molecule has 554 valence electrons. The molecule has 0 heterocycles. The number of hydrogen-bond donors (Lipinski definition) is 0. The molecule has 0 spiro atoms. The summed E-state index contributed by atoms with van der Waals surface area (Å²) >= 11 is 11.3. The molecule has 0 aromatic heterocycles. The molecule has 0 saturated heterocycles. The van der Waals surface area contributed by atoms with Crippen LogP contribution in [0.4, 0.5) is 0 Å². The van der Waals surface area contributed by atoms with E-state index in [1.807, 2.05) is 30.3 Å². The van der Waals surface area contributed by atoms with Crippen molar-refractivity contribution in [3.63, 3.8) is 0 Å². The van der Waals surface area contributed by atoms with Crippen molar-refractivity contribution >= 4 is 98.0 Å². The molecule has 8 aliphatic rings. The molecule has 8 fully saturated rings. The summed E-state index contributed by atoms with van der Waals surface area (Å²) in [7, 11) is -2.21. The second-order valence-electron chi connectivity index (χ2n) is 25.3. The number of allylic oxidation sites excluding steroid dienone is 1. The van der Waals surface area contributed by atoms with Crippen LogP contribution in [0.1, 0.15) is 233 Å². The minimum Gasteiger partial charge on any atom is -0.358 e. The van der Waals surface area contributed by atoms with Gasteiger partial charge < -0.3 is 59.4 Å². The van der Waals surface area contributed by atoms with Gasteiger partial charge in [-0.15, -0.1) is 6.58 Å². The van der Waals surface area contributed by atoms with E-state index < -0.39 is 15.7 Å². The van der Waals surface area contributed by atoms with Gasteiger partial charge in [0.25, 0.3) is 0 Å². The van der Waals surface area contributed by atoms with Gasteiger partial charge in [0.2, 0.25) is 0 Å². The van der Waals surface area contributed by atoms with Gasteiger partial charge in [-0.25, -0.2) is 0 Å². The first-order chi connectivity index (χ1) is 41.8. The van der Waals surface area contributed by atoms with Crippen molar-refractivity contribution in [2.45, 2.75) is 264 Å². The quantitative estimate of drug-likeness (QED) is 0.0400. The molecule has 5 aromatic carbocycles. The third-order valence-electron chi connectivity index (χ3n) is 19.4. The molecule has 1 nitrogen and oxygen atoms in total. The fourth-order valence-electron chi connectivity index (χ4n) is 14.2. The first-order valence-electron chi connectivity index (χ1n) is 34.6. The third kappa shape index (κ3) is 40.0. The van der Waals surface area contributed by atoms with Crippen LogP contribution < -0.4 is 26.5 Å². The van der Waals surface area contributed by atoms with Crippen LogP contribution >= 0.6 is 71.4 Å². The van der Waals surface area contributed by atoms with Crippen molar-refractivity contribution in [1.29, 1.82) is 0 Å². The van der Waals surface area contributed by atoms with Crippen molar-refractivity contribution in [3.8, 4) is 0 Å². The Hall–Kier alpha value is 0.318. The Balaban J connectivity index is -0.000000207. The van der Waals surface area contributed by atoms with E-state index in [4.69, 9.17) is 0 Å². The molecule has 0 N–H and O–H groups in total. The van der Waals surface area contributed by atoms with Crippen molar-refractivity contribution in [2.24, 2.45) is 23.7 Å². The normalized spacial score (nSPS) is 23.2. The molecule has 5 aromatic rings. The summed E-state index contributed by atoms with van der Waals surface area (Å²) in [5.41, 5.74) is 1.48. The molecule has 0 amide bonds. The van der Waals surface area contributed by atoms with Crippen LogP contribution in [-0.2, 0) is 72.8 Å². The molecule has 11 atom stereocenters. The fourth-order valence-corrected chi connectivity index (χ4v) is 26.3. The maximum atomic E-state index is 13.8. The van der Waals surface area contributed by atoms with E-state index in [9.17, 15) is 4.57 Å². The third-order valence-corrected chi connectivity index (χ3v) is 31.8. The Bertz CT molecular complexity index is 2310. The van der Waals surface area contributed by atoms with Gasteiger partial charge >= 0.3 is 76.1 Å². The monoisotopic (exact) mass is 1740 g/mol. The number of benzene rings is 5. The predicted molar refractivity (Wildman–Crippen MR) is 446 cm³/mol. The van der Waals surface area contributed by atoms with E-state index in [0.717, 1.165) is 44.8 Å². The molecule has 0 radical (unpaired) electrons. The molecule has 11 unspecified atom stereocenters. The Labute approximate surface area is 675 Å². The SMILES string of the molecule is C1CCCC1.C1CCCC1.C1CCCC1.C1CCCC1.C=CC1CCCC1Br.CCC1CCC(P(c2ccccc2)c2ccccc2)C1Br.CCC1CCC(P(c2ccccc2)c2ccccc2)C1[P+](=O)c1ccccc1.CCC1CCCC1Br.[CH3-].[CH3-].[CH3-].[CH3-].[CH3-].[CH3-].[CH3-].[CH3-].[Fe+2].[Fe+2].[Fe+2].[Fe+2]. The van der Waals surface area contributed by atoms with Crippen LogP contribution in [0, 0.1) is 83.1 Å². The zero-order chi connectivity index (χ0) is 60.1. The van der Waals surface area contributed by atoms with Crippen LogP contribution in [0.3, 0.4) is 0 Å². The molecule has 8 saturated carbocycles. The van der Waals surface area contributed by atoms with Gasteiger partial charge in [0.1, 0.15) is 0 Å². The van der Waals surface area contributed by atoms with Crippen molar-refractivity contribution in [3.05, 3.63) is 224 Å². The summed E-state index contributed by atoms with van der Waals surface area (Å²) in [6, 6.07) is 54.2. The molecule has 0 bridgehead atoms. The largest absolute Gasteiger partial charge is 2.00 e. The molecule has 13 rings (SSSR count). The summed E-state index contributed by atoms with van der Waals surface area (Å²) in [5, 5.41) is 6.87. The maximum Gasteiger partial charge on any atom is 2.00 e. The smallest absolute Gasteiger partial charge is 0.358 e. The Kier molecular flexibility index (Phi) is 77.8. The minimum absolute atomic E-state index is 0. The van der Waals surface area contributed by atoms with Crippen LogP contribution in [0.2, 0.25) is 0 Å². The van der Waals surface area contributed by atoms with Crippen molar-refractivity contribution in [2.75, 3.05) is 0 Å². The fraction of sp³-hybridized carbons (Fsp3) is 0.535. The van der Waals surface area contributed by atoms with E-state index in [1.54, 1.807) is 0 Å². The standard InChI is InChI=1S/C25H27OP2.C19H22BrP.C7H13Br.C7H11Br.4C5H10.8CH3.4Fe/c1-2-20-18-19-24(25(20)28(26)23-16-10-5-11-17-23)27(21-12-6-3-7-13-21)22-14-8-4-9-15-22;1-2-15-13-14-18(19(15)20)21(16-9-5-3-6-10-16)17-11-7-4-8-12-17;2*1-2-6-4-3-5-7(6)8;4*1-2-4-5-3-1;;;;;;;;;;;;/h3-17,20,24-25H,2,18-19H2,1H3;3-12,15,18-19H,2,13-14H2,1H3;6-7H,2-5H2,1H3;2,6-7H,1,3-5H2;4*1-5H2;8*1H3;;;;/q+1;;;;;;;;8*-1;4*+2. The van der Waals surface area contributed by atoms with Crippen LogP contribution in [-0.4, -0.2) is 31.5 Å². The van der Waals surface area contributed by atoms with Gasteiger partial charge in [-0.05, 0) is 130 Å². The average Bonchev–Trinajstić information content (AvgIpc) is 1.43. The second-order valence-corrected chi connectivity index (χ2v) is 35.4. The van der Waals surface area contributed by atoms with E-state index in [2.05, 4.69) is 203 Å². The zero-order valence-corrected chi connectivity index (χ0v) is 74.5. The summed E-state index contributed by atoms with van der Waals surface area (Å²) in [5.74, 6) is 3.11. The first-order valence-corrected chi connectivity index (χ1v) is 41.5. The molecule has 0 aliphatic heterocycles. The van der Waals surface area contributed by atoms with E-state index in [0.29, 0.717) is 16.4 Å². The average molecular weight is 1740 g/mol. The summed E-state index contributed by atoms with van der Waals surface area (Å²) < 4.78 is 13.8.